The van der Waals surface area contributed by atoms with Crippen LogP contribution in [0.15, 0.2) is 30.3 Å². The molecule has 0 aliphatic rings. The third-order valence-electron chi connectivity index (χ3n) is 2.73. The van der Waals surface area contributed by atoms with Crippen molar-refractivity contribution >= 4 is 11.3 Å². The Labute approximate surface area is 109 Å². The minimum absolute atomic E-state index is 0.214. The van der Waals surface area contributed by atoms with Gasteiger partial charge in [0.05, 0.1) is 6.04 Å². The Morgan fingerprint density at radius 1 is 1.22 bits per heavy atom. The molecule has 1 nitrogen and oxygen atoms in total. The molecule has 0 aliphatic heterocycles. The molecule has 1 unspecified atom stereocenters. The molecule has 2 aromatic rings. The molecule has 4 heteroatoms. The highest BCUT2D eigenvalue weighted by Gasteiger charge is 2.18. The van der Waals surface area contributed by atoms with E-state index in [1.54, 1.807) is 11.3 Å². The van der Waals surface area contributed by atoms with Crippen LogP contribution in [0, 0.1) is 18.6 Å². The van der Waals surface area contributed by atoms with Gasteiger partial charge in [-0.05, 0) is 31.7 Å². The molecular formula is C14H15F2NS. The Bertz CT molecular complexity index is 536. The van der Waals surface area contributed by atoms with Crippen molar-refractivity contribution in [1.29, 1.82) is 0 Å². The first-order valence-electron chi connectivity index (χ1n) is 5.86. The highest BCUT2D eigenvalue weighted by atomic mass is 32.1. The average molecular weight is 267 g/mol. The van der Waals surface area contributed by atoms with Gasteiger partial charge in [-0.25, -0.2) is 8.78 Å². The molecule has 1 N–H and O–H groups in total. The van der Waals surface area contributed by atoms with Crippen LogP contribution in [-0.4, -0.2) is 6.54 Å². The standard InChI is InChI=1S/C14H15F2NS/c1-3-17-14(13-7-4-9(2)18-13)11-6-5-10(15)8-12(11)16/h4-8,14,17H,3H2,1-2H3. The third-order valence-corrected chi connectivity index (χ3v) is 3.79. The maximum atomic E-state index is 13.8. The van der Waals surface area contributed by atoms with Gasteiger partial charge in [-0.2, -0.15) is 0 Å². The molecule has 1 aromatic carbocycles. The molecule has 1 heterocycles. The highest BCUT2D eigenvalue weighted by Crippen LogP contribution is 2.29. The van der Waals surface area contributed by atoms with Crippen LogP contribution in [0.1, 0.15) is 28.3 Å². The summed E-state index contributed by atoms with van der Waals surface area (Å²) in [5.74, 6) is -1.05. The normalized spacial score (nSPS) is 12.7. The molecule has 2 rings (SSSR count). The molecule has 96 valence electrons. The number of benzene rings is 1. The van der Waals surface area contributed by atoms with Crippen molar-refractivity contribution in [3.63, 3.8) is 0 Å². The summed E-state index contributed by atoms with van der Waals surface area (Å²) in [4.78, 5) is 2.22. The number of thiophene rings is 1. The van der Waals surface area contributed by atoms with E-state index in [2.05, 4.69) is 5.32 Å². The van der Waals surface area contributed by atoms with Crippen molar-refractivity contribution in [3.8, 4) is 0 Å². The van der Waals surface area contributed by atoms with Crippen LogP contribution in [0.2, 0.25) is 0 Å². The van der Waals surface area contributed by atoms with Crippen LogP contribution in [0.3, 0.4) is 0 Å². The molecule has 0 radical (unpaired) electrons. The van der Waals surface area contributed by atoms with Gasteiger partial charge in [0.2, 0.25) is 0 Å². The average Bonchev–Trinajstić information content (AvgIpc) is 2.73. The lowest BCUT2D eigenvalue weighted by atomic mass is 10.0. The molecule has 1 aromatic heterocycles. The predicted molar refractivity (Wildman–Crippen MR) is 70.9 cm³/mol. The summed E-state index contributed by atoms with van der Waals surface area (Å²) in [6.07, 6.45) is 0. The summed E-state index contributed by atoms with van der Waals surface area (Å²) in [7, 11) is 0. The fourth-order valence-corrected chi connectivity index (χ4v) is 2.88. The summed E-state index contributed by atoms with van der Waals surface area (Å²) in [6, 6.07) is 7.51. The first-order chi connectivity index (χ1) is 8.61. The van der Waals surface area contributed by atoms with E-state index in [1.807, 2.05) is 26.0 Å². The molecule has 1 atom stereocenters. The van der Waals surface area contributed by atoms with E-state index in [9.17, 15) is 8.78 Å². The van der Waals surface area contributed by atoms with Crippen LogP contribution < -0.4 is 5.32 Å². The Morgan fingerprint density at radius 3 is 2.56 bits per heavy atom. The number of hydrogen-bond donors (Lipinski definition) is 1. The number of hydrogen-bond acceptors (Lipinski definition) is 2. The Balaban J connectivity index is 2.41. The molecule has 18 heavy (non-hydrogen) atoms. The molecule has 0 fully saturated rings. The van der Waals surface area contributed by atoms with E-state index in [4.69, 9.17) is 0 Å². The van der Waals surface area contributed by atoms with Gasteiger partial charge in [-0.1, -0.05) is 13.0 Å². The van der Waals surface area contributed by atoms with Crippen molar-refractivity contribution in [1.82, 2.24) is 5.32 Å². The summed E-state index contributed by atoms with van der Waals surface area (Å²) in [6.45, 7) is 4.70. The predicted octanol–water partition coefficient (Wildman–Crippen LogP) is 4.03. The number of rotatable bonds is 4. The molecule has 0 saturated heterocycles. The van der Waals surface area contributed by atoms with Crippen molar-refractivity contribution in [3.05, 3.63) is 57.3 Å². The van der Waals surface area contributed by atoms with E-state index < -0.39 is 11.6 Å². The van der Waals surface area contributed by atoms with Gasteiger partial charge in [-0.3, -0.25) is 0 Å². The topological polar surface area (TPSA) is 12.0 Å². The van der Waals surface area contributed by atoms with Crippen LogP contribution >= 0.6 is 11.3 Å². The fraction of sp³-hybridized carbons (Fsp3) is 0.286. The summed E-state index contributed by atoms with van der Waals surface area (Å²) in [5, 5.41) is 3.24. The first-order valence-corrected chi connectivity index (χ1v) is 6.68. The van der Waals surface area contributed by atoms with E-state index in [-0.39, 0.29) is 6.04 Å². The SMILES string of the molecule is CCNC(c1ccc(C)s1)c1ccc(F)cc1F. The van der Waals surface area contributed by atoms with Gasteiger partial charge >= 0.3 is 0 Å². The summed E-state index contributed by atoms with van der Waals surface area (Å²) >= 11 is 1.62. The quantitative estimate of drug-likeness (QED) is 0.881. The van der Waals surface area contributed by atoms with Gasteiger partial charge in [0.15, 0.2) is 0 Å². The summed E-state index contributed by atoms with van der Waals surface area (Å²) in [5.41, 5.74) is 0.486. The van der Waals surface area contributed by atoms with E-state index in [0.29, 0.717) is 5.56 Å². The Hall–Kier alpha value is -1.26. The lowest BCUT2D eigenvalue weighted by molar-refractivity contribution is 0.544. The maximum Gasteiger partial charge on any atom is 0.131 e. The second-order valence-electron chi connectivity index (χ2n) is 4.10. The second kappa shape index (κ2) is 5.59. The van der Waals surface area contributed by atoms with Crippen molar-refractivity contribution < 1.29 is 8.78 Å². The molecule has 0 aliphatic carbocycles. The maximum absolute atomic E-state index is 13.8. The van der Waals surface area contributed by atoms with E-state index in [0.717, 1.165) is 17.5 Å². The van der Waals surface area contributed by atoms with Crippen molar-refractivity contribution in [2.75, 3.05) is 6.54 Å². The largest absolute Gasteiger partial charge is 0.306 e. The summed E-state index contributed by atoms with van der Waals surface area (Å²) < 4.78 is 26.8. The van der Waals surface area contributed by atoms with Gasteiger partial charge < -0.3 is 5.32 Å². The van der Waals surface area contributed by atoms with Gasteiger partial charge in [0.25, 0.3) is 0 Å². The zero-order valence-corrected chi connectivity index (χ0v) is 11.2. The van der Waals surface area contributed by atoms with E-state index in [1.165, 1.54) is 17.0 Å². The van der Waals surface area contributed by atoms with E-state index >= 15 is 0 Å². The van der Waals surface area contributed by atoms with Crippen LogP contribution in [0.5, 0.6) is 0 Å². The zero-order chi connectivity index (χ0) is 13.1. The minimum Gasteiger partial charge on any atom is -0.306 e. The molecule has 0 spiro atoms. The lowest BCUT2D eigenvalue weighted by Gasteiger charge is -2.17. The monoisotopic (exact) mass is 267 g/mol. The smallest absolute Gasteiger partial charge is 0.131 e. The number of halogens is 2. The first kappa shape index (κ1) is 13.2. The van der Waals surface area contributed by atoms with Gasteiger partial charge in [-0.15, -0.1) is 11.3 Å². The third kappa shape index (κ3) is 2.76. The Kier molecular flexibility index (Phi) is 4.09. The lowest BCUT2D eigenvalue weighted by Crippen LogP contribution is -2.22. The van der Waals surface area contributed by atoms with Crippen LogP contribution in [-0.2, 0) is 0 Å². The molecule has 0 saturated carbocycles. The Morgan fingerprint density at radius 2 is 2.00 bits per heavy atom. The highest BCUT2D eigenvalue weighted by molar-refractivity contribution is 7.12. The fourth-order valence-electron chi connectivity index (χ4n) is 1.91. The number of nitrogens with one attached hydrogen (secondary N) is 1. The van der Waals surface area contributed by atoms with Crippen LogP contribution in [0.25, 0.3) is 0 Å². The molecule has 0 amide bonds. The van der Waals surface area contributed by atoms with Crippen LogP contribution in [0.4, 0.5) is 8.78 Å². The van der Waals surface area contributed by atoms with Crippen molar-refractivity contribution in [2.45, 2.75) is 19.9 Å². The minimum atomic E-state index is -0.547. The number of aryl methyl sites for hydroxylation is 1. The van der Waals surface area contributed by atoms with Gasteiger partial charge in [0.1, 0.15) is 11.6 Å². The molecular weight excluding hydrogens is 252 g/mol. The zero-order valence-electron chi connectivity index (χ0n) is 10.3. The van der Waals surface area contributed by atoms with Crippen molar-refractivity contribution in [2.24, 2.45) is 0 Å². The second-order valence-corrected chi connectivity index (χ2v) is 5.42. The van der Waals surface area contributed by atoms with Gasteiger partial charge in [0, 0.05) is 21.4 Å². The molecule has 0 bridgehead atoms.